The number of Topliss-reactive ketones (excluding diaryl/α,β-unsaturated/α-hetero) is 1. The Hall–Kier alpha value is -3.82. The van der Waals surface area contributed by atoms with E-state index in [0.717, 1.165) is 87.3 Å². The third-order valence-corrected chi connectivity index (χ3v) is 14.2. The van der Waals surface area contributed by atoms with Crippen molar-refractivity contribution in [3.63, 3.8) is 0 Å². The molecular formula is C46H58ClN3O6. The largest absolute Gasteiger partial charge is 0.493 e. The van der Waals surface area contributed by atoms with Gasteiger partial charge in [-0.2, -0.15) is 0 Å². The zero-order chi connectivity index (χ0) is 39.0. The molecule has 0 amide bonds. The van der Waals surface area contributed by atoms with E-state index in [4.69, 9.17) is 25.8 Å². The molecule has 0 radical (unpaired) electrons. The number of benzene rings is 2. The van der Waals surface area contributed by atoms with Crippen LogP contribution in [0.1, 0.15) is 119 Å². The first-order chi connectivity index (χ1) is 27.0. The lowest BCUT2D eigenvalue weighted by Gasteiger charge is -2.47. The summed E-state index contributed by atoms with van der Waals surface area (Å²) in [4.78, 5) is 32.1. The monoisotopic (exact) mass is 783 g/mol. The molecule has 9 nitrogen and oxygen atoms in total. The number of carbonyl (C=O) groups is 2. The number of aliphatic carboxylic acids is 1. The fourth-order valence-electron chi connectivity index (χ4n) is 10.8. The maximum atomic E-state index is 13.1. The fourth-order valence-corrected chi connectivity index (χ4v) is 11.0. The molecule has 10 heteroatoms. The molecule has 300 valence electrons. The number of aromatic nitrogens is 1. The van der Waals surface area contributed by atoms with Crippen molar-refractivity contribution in [1.29, 1.82) is 0 Å². The lowest BCUT2D eigenvalue weighted by atomic mass is 9.59. The van der Waals surface area contributed by atoms with Crippen LogP contribution in [0.15, 0.2) is 48.7 Å². The van der Waals surface area contributed by atoms with E-state index in [2.05, 4.69) is 48.2 Å². The Balaban J connectivity index is 1.05. The Morgan fingerprint density at radius 1 is 1.07 bits per heavy atom. The van der Waals surface area contributed by atoms with Gasteiger partial charge in [-0.05, 0) is 148 Å². The number of nitrogens with one attached hydrogen (secondary N) is 1. The summed E-state index contributed by atoms with van der Waals surface area (Å²) < 4.78 is 19.9. The summed E-state index contributed by atoms with van der Waals surface area (Å²) in [5, 5.41) is 14.8. The minimum absolute atomic E-state index is 0.0307. The van der Waals surface area contributed by atoms with Gasteiger partial charge in [0.15, 0.2) is 11.5 Å². The minimum Gasteiger partial charge on any atom is -0.493 e. The number of hydrogen-bond acceptors (Lipinski definition) is 8. The summed E-state index contributed by atoms with van der Waals surface area (Å²) in [6.45, 7) is 6.56. The van der Waals surface area contributed by atoms with Crippen LogP contribution in [0, 0.1) is 11.8 Å². The predicted octanol–water partition coefficient (Wildman–Crippen LogP) is 9.17. The summed E-state index contributed by atoms with van der Waals surface area (Å²) in [5.41, 5.74) is 4.45. The maximum Gasteiger partial charge on any atom is 0.329 e. The smallest absolute Gasteiger partial charge is 0.329 e. The van der Waals surface area contributed by atoms with Gasteiger partial charge in [0, 0.05) is 60.0 Å². The normalized spacial score (nSPS) is 28.0. The number of carboxylic acid groups (broad SMARTS) is 1. The highest BCUT2D eigenvalue weighted by Crippen LogP contribution is 2.58. The number of halogens is 1. The standard InChI is InChI=1S/C46H58ClN3O6/c1-29(28-55-40-14-20-48-39-9-4-6-30(2)43(39)40)22-32-23-31-24-41-42(56-37(15-21-54-41)27-50(3)35-10-12-36(51)13-11-35)26-38(31)45(32)16-18-46(19-17-45,44(52)53)49-34-8-5-7-33(47)25-34/h5,7-8,14,20,24-26,29-30,32,35,37,49H,4,6,9-13,15-19,21-23,27-28H2,1-3H3,(H,52,53)/t29-,30-,32?,37?,45?,46?/m1/s1. The second kappa shape index (κ2) is 16.2. The number of ether oxygens (including phenoxy) is 3. The van der Waals surface area contributed by atoms with E-state index in [1.807, 2.05) is 24.4 Å². The molecule has 2 saturated carbocycles. The number of pyridine rings is 1. The average molecular weight is 784 g/mol. The number of nitrogens with zero attached hydrogens (tertiary/aromatic N) is 2. The van der Waals surface area contributed by atoms with E-state index in [-0.39, 0.29) is 17.4 Å². The van der Waals surface area contributed by atoms with Crippen LogP contribution >= 0.6 is 11.6 Å². The number of fused-ring (bicyclic) bond motifs is 4. The van der Waals surface area contributed by atoms with Crippen LogP contribution in [0.3, 0.4) is 0 Å². The molecule has 56 heavy (non-hydrogen) atoms. The average Bonchev–Trinajstić information content (AvgIpc) is 3.30. The van der Waals surface area contributed by atoms with E-state index in [9.17, 15) is 14.7 Å². The van der Waals surface area contributed by atoms with Gasteiger partial charge in [0.1, 0.15) is 23.2 Å². The van der Waals surface area contributed by atoms with Crippen LogP contribution in [0.2, 0.25) is 5.02 Å². The molecular weight excluding hydrogens is 726 g/mol. The number of aryl methyl sites for hydroxylation is 1. The third kappa shape index (κ3) is 7.87. The second-order valence-corrected chi connectivity index (χ2v) is 18.2. The Kier molecular flexibility index (Phi) is 11.3. The Bertz CT molecular complexity index is 1920. The zero-order valence-corrected chi connectivity index (χ0v) is 34.0. The van der Waals surface area contributed by atoms with Gasteiger partial charge in [-0.15, -0.1) is 0 Å². The highest BCUT2D eigenvalue weighted by molar-refractivity contribution is 6.30. The van der Waals surface area contributed by atoms with Crippen molar-refractivity contribution in [2.45, 2.75) is 133 Å². The number of rotatable bonds is 11. The molecule has 2 N–H and O–H groups in total. The van der Waals surface area contributed by atoms with Crippen molar-refractivity contribution in [2.75, 3.05) is 32.1 Å². The van der Waals surface area contributed by atoms with Gasteiger partial charge in [-0.25, -0.2) is 4.79 Å². The van der Waals surface area contributed by atoms with Crippen molar-refractivity contribution in [1.82, 2.24) is 9.88 Å². The molecule has 2 fully saturated rings. The maximum absolute atomic E-state index is 13.1. The first-order valence-corrected chi connectivity index (χ1v) is 21.5. The Morgan fingerprint density at radius 2 is 1.88 bits per heavy atom. The molecule has 8 rings (SSSR count). The van der Waals surface area contributed by atoms with Gasteiger partial charge in [-0.3, -0.25) is 14.7 Å². The molecule has 2 aromatic carbocycles. The van der Waals surface area contributed by atoms with Crippen molar-refractivity contribution < 1.29 is 28.9 Å². The van der Waals surface area contributed by atoms with E-state index in [1.54, 1.807) is 12.1 Å². The molecule has 4 atom stereocenters. The quantitative estimate of drug-likeness (QED) is 0.197. The number of hydrogen-bond donors (Lipinski definition) is 2. The minimum atomic E-state index is -1.10. The fraction of sp³-hybridized carbons (Fsp3) is 0.587. The Morgan fingerprint density at radius 3 is 2.64 bits per heavy atom. The van der Waals surface area contributed by atoms with E-state index in [1.165, 1.54) is 28.8 Å². The first kappa shape index (κ1) is 39.0. The molecule has 5 aliphatic rings. The lowest BCUT2D eigenvalue weighted by molar-refractivity contribution is -0.144. The molecule has 0 saturated heterocycles. The molecule has 3 aromatic rings. The second-order valence-electron chi connectivity index (χ2n) is 17.7. The van der Waals surface area contributed by atoms with Gasteiger partial charge < -0.3 is 24.6 Å². The predicted molar refractivity (Wildman–Crippen MR) is 219 cm³/mol. The third-order valence-electron chi connectivity index (χ3n) is 14.0. The van der Waals surface area contributed by atoms with Crippen molar-refractivity contribution in [3.05, 3.63) is 76.1 Å². The van der Waals surface area contributed by atoms with Crippen LogP contribution in [-0.2, 0) is 27.8 Å². The van der Waals surface area contributed by atoms with Gasteiger partial charge in [0.05, 0.1) is 13.2 Å². The van der Waals surface area contributed by atoms with Gasteiger partial charge >= 0.3 is 5.97 Å². The molecule has 4 aliphatic carbocycles. The summed E-state index contributed by atoms with van der Waals surface area (Å²) in [5.74, 6) is 3.15. The first-order valence-electron chi connectivity index (χ1n) is 21.1. The van der Waals surface area contributed by atoms with Gasteiger partial charge in [0.25, 0.3) is 0 Å². The number of ketones is 1. The highest BCUT2D eigenvalue weighted by Gasteiger charge is 2.54. The van der Waals surface area contributed by atoms with Crippen molar-refractivity contribution >= 4 is 29.0 Å². The summed E-state index contributed by atoms with van der Waals surface area (Å²) in [7, 11) is 2.15. The van der Waals surface area contributed by atoms with Crippen LogP contribution in [0.5, 0.6) is 17.2 Å². The summed E-state index contributed by atoms with van der Waals surface area (Å²) in [6.07, 6.45) is 13.4. The molecule has 1 spiro atoms. The van der Waals surface area contributed by atoms with Gasteiger partial charge in [-0.1, -0.05) is 31.5 Å². The van der Waals surface area contributed by atoms with Crippen LogP contribution in [-0.4, -0.2) is 71.2 Å². The highest BCUT2D eigenvalue weighted by atomic mass is 35.5. The van der Waals surface area contributed by atoms with Crippen molar-refractivity contribution in [2.24, 2.45) is 11.8 Å². The number of anilines is 1. The van der Waals surface area contributed by atoms with Gasteiger partial charge in [0.2, 0.25) is 0 Å². The van der Waals surface area contributed by atoms with E-state index in [0.29, 0.717) is 67.6 Å². The summed E-state index contributed by atoms with van der Waals surface area (Å²) in [6, 6.07) is 14.3. The molecule has 2 unspecified atom stereocenters. The van der Waals surface area contributed by atoms with E-state index >= 15 is 0 Å². The Labute approximate surface area is 336 Å². The number of likely N-dealkylation sites (N-methyl/N-ethyl adjacent to an activating group) is 1. The van der Waals surface area contributed by atoms with E-state index < -0.39 is 11.5 Å². The zero-order valence-electron chi connectivity index (χ0n) is 33.3. The molecule has 1 aliphatic heterocycles. The lowest BCUT2D eigenvalue weighted by Crippen LogP contribution is -2.53. The van der Waals surface area contributed by atoms with Crippen LogP contribution < -0.4 is 19.5 Å². The topological polar surface area (TPSA) is 110 Å². The number of carbonyl (C=O) groups excluding carboxylic acids is 1. The number of carboxylic acids is 1. The molecule has 0 bridgehead atoms. The van der Waals surface area contributed by atoms with Crippen LogP contribution in [0.4, 0.5) is 5.69 Å². The van der Waals surface area contributed by atoms with Crippen molar-refractivity contribution in [3.8, 4) is 17.2 Å². The molecule has 1 aromatic heterocycles. The summed E-state index contributed by atoms with van der Waals surface area (Å²) >= 11 is 6.33. The molecule has 2 heterocycles. The van der Waals surface area contributed by atoms with Crippen LogP contribution in [0.25, 0.3) is 0 Å². The SMILES string of the molecule is C[C@@H](COc1ccnc2c1[C@H](C)CCC2)CC1Cc2cc3c(cc2C12CCC(Nc1cccc(Cl)c1)(C(=O)O)CC2)OC(CN(C)C1CCC(=O)CC1)CCO3.